The Bertz CT molecular complexity index is 129. The second-order valence-electron chi connectivity index (χ2n) is 3.55. The van der Waals surface area contributed by atoms with E-state index in [0.29, 0.717) is 12.5 Å². The lowest BCUT2D eigenvalue weighted by molar-refractivity contribution is -0.0467. The molecule has 0 aromatic carbocycles. The van der Waals surface area contributed by atoms with Crippen LogP contribution < -0.4 is 5.73 Å². The van der Waals surface area contributed by atoms with E-state index in [0.717, 1.165) is 18.8 Å². The summed E-state index contributed by atoms with van der Waals surface area (Å²) in [6, 6.07) is 0. The first-order chi connectivity index (χ1) is 4.24. The van der Waals surface area contributed by atoms with Gasteiger partial charge in [-0.05, 0) is 31.7 Å². The fourth-order valence-corrected chi connectivity index (χ4v) is 2.38. The largest absolute Gasteiger partial charge is 0.390 e. The van der Waals surface area contributed by atoms with Gasteiger partial charge in [-0.25, -0.2) is 0 Å². The third-order valence-electron chi connectivity index (χ3n) is 2.95. The van der Waals surface area contributed by atoms with Crippen molar-refractivity contribution in [2.24, 2.45) is 17.6 Å². The number of hydrogen-bond acceptors (Lipinski definition) is 2. The molecular formula is C7H13NO. The van der Waals surface area contributed by atoms with E-state index < -0.39 is 0 Å². The molecule has 2 bridgehead atoms. The zero-order valence-corrected chi connectivity index (χ0v) is 5.51. The van der Waals surface area contributed by atoms with E-state index in [2.05, 4.69) is 0 Å². The topological polar surface area (TPSA) is 46.2 Å². The second-order valence-corrected chi connectivity index (χ2v) is 3.55. The molecular weight excluding hydrogens is 114 g/mol. The zero-order chi connectivity index (χ0) is 6.48. The Morgan fingerprint density at radius 3 is 2.44 bits per heavy atom. The molecule has 0 heterocycles. The van der Waals surface area contributed by atoms with Gasteiger partial charge in [-0.3, -0.25) is 0 Å². The van der Waals surface area contributed by atoms with Crippen molar-refractivity contribution in [2.75, 3.05) is 6.54 Å². The first-order valence-electron chi connectivity index (χ1n) is 3.67. The highest BCUT2D eigenvalue weighted by Gasteiger charge is 2.55. The zero-order valence-electron chi connectivity index (χ0n) is 5.51. The molecule has 3 aliphatic carbocycles. The molecule has 0 aliphatic heterocycles. The minimum absolute atomic E-state index is 0.320. The predicted molar refractivity (Wildman–Crippen MR) is 34.8 cm³/mol. The van der Waals surface area contributed by atoms with Gasteiger partial charge in [0.1, 0.15) is 0 Å². The van der Waals surface area contributed by atoms with Crippen LogP contribution >= 0.6 is 0 Å². The molecule has 9 heavy (non-hydrogen) atoms. The maximum absolute atomic E-state index is 9.64. The molecule has 0 saturated heterocycles. The molecule has 2 heteroatoms. The Balaban J connectivity index is 2.11. The molecule has 3 N–H and O–H groups in total. The third-order valence-corrected chi connectivity index (χ3v) is 2.95. The summed E-state index contributed by atoms with van der Waals surface area (Å²) < 4.78 is 0. The maximum Gasteiger partial charge on any atom is 0.0693 e. The Morgan fingerprint density at radius 2 is 2.22 bits per heavy atom. The summed E-state index contributed by atoms with van der Waals surface area (Å²) in [5, 5.41) is 9.64. The molecule has 0 spiro atoms. The lowest BCUT2D eigenvalue weighted by Crippen LogP contribution is -2.41. The fourth-order valence-electron chi connectivity index (χ4n) is 2.38. The summed E-state index contributed by atoms with van der Waals surface area (Å²) in [6.45, 7) is 0.674. The number of fused-ring (bicyclic) bond motifs is 1. The highest BCUT2D eigenvalue weighted by atomic mass is 16.3. The van der Waals surface area contributed by atoms with Gasteiger partial charge in [-0.15, -0.1) is 0 Å². The highest BCUT2D eigenvalue weighted by molar-refractivity contribution is 5.07. The summed E-state index contributed by atoms with van der Waals surface area (Å²) in [5.41, 5.74) is 5.16. The van der Waals surface area contributed by atoms with Gasteiger partial charge in [-0.1, -0.05) is 0 Å². The van der Waals surface area contributed by atoms with Gasteiger partial charge in [0.25, 0.3) is 0 Å². The van der Waals surface area contributed by atoms with Crippen LogP contribution in [0.3, 0.4) is 0 Å². The van der Waals surface area contributed by atoms with Crippen LogP contribution in [0.1, 0.15) is 19.3 Å². The van der Waals surface area contributed by atoms with Crippen LogP contribution in [0.25, 0.3) is 0 Å². The van der Waals surface area contributed by atoms with Crippen LogP contribution in [0.2, 0.25) is 0 Å². The lowest BCUT2D eigenvalue weighted by Gasteiger charge is -2.35. The number of hydrogen-bond donors (Lipinski definition) is 2. The van der Waals surface area contributed by atoms with Crippen molar-refractivity contribution in [2.45, 2.75) is 24.9 Å². The quantitative estimate of drug-likeness (QED) is 0.525. The van der Waals surface area contributed by atoms with E-state index in [1.165, 1.54) is 6.42 Å². The van der Waals surface area contributed by atoms with Crippen LogP contribution in [0, 0.1) is 11.8 Å². The molecule has 1 unspecified atom stereocenters. The van der Waals surface area contributed by atoms with Crippen molar-refractivity contribution in [3.05, 3.63) is 0 Å². The third kappa shape index (κ3) is 0.578. The van der Waals surface area contributed by atoms with Crippen molar-refractivity contribution in [3.8, 4) is 0 Å². The molecule has 0 radical (unpaired) electrons. The molecule has 1 atom stereocenters. The van der Waals surface area contributed by atoms with E-state index in [-0.39, 0.29) is 5.60 Å². The minimum Gasteiger partial charge on any atom is -0.390 e. The molecule has 0 aromatic heterocycles. The van der Waals surface area contributed by atoms with E-state index >= 15 is 0 Å². The average molecular weight is 127 g/mol. The molecule has 52 valence electrons. The van der Waals surface area contributed by atoms with Gasteiger partial charge >= 0.3 is 0 Å². The second kappa shape index (κ2) is 1.50. The Kier molecular flexibility index (Phi) is 0.945. The van der Waals surface area contributed by atoms with Crippen molar-refractivity contribution in [1.29, 1.82) is 0 Å². The van der Waals surface area contributed by atoms with E-state index in [4.69, 9.17) is 5.73 Å². The molecule has 3 rings (SSSR count). The summed E-state index contributed by atoms with van der Waals surface area (Å²) in [5.74, 6) is 1.23. The van der Waals surface area contributed by atoms with Gasteiger partial charge in [0.2, 0.25) is 0 Å². The maximum atomic E-state index is 9.64. The standard InChI is InChI=1S/C7H13NO/c8-4-6-1-5-2-7(6,9)3-5/h5-6,9H,1-4,8H2. The van der Waals surface area contributed by atoms with Crippen LogP contribution in [0.15, 0.2) is 0 Å². The van der Waals surface area contributed by atoms with Crippen LogP contribution in [0.4, 0.5) is 0 Å². The van der Waals surface area contributed by atoms with Gasteiger partial charge in [0.05, 0.1) is 5.60 Å². The smallest absolute Gasteiger partial charge is 0.0693 e. The summed E-state index contributed by atoms with van der Waals surface area (Å²) in [7, 11) is 0. The van der Waals surface area contributed by atoms with E-state index in [9.17, 15) is 5.11 Å². The van der Waals surface area contributed by atoms with E-state index in [1.54, 1.807) is 0 Å². The van der Waals surface area contributed by atoms with E-state index in [1.807, 2.05) is 0 Å². The Morgan fingerprint density at radius 1 is 1.56 bits per heavy atom. The van der Waals surface area contributed by atoms with Crippen LogP contribution in [0.5, 0.6) is 0 Å². The fraction of sp³-hybridized carbons (Fsp3) is 1.00. The van der Waals surface area contributed by atoms with Crippen LogP contribution in [-0.4, -0.2) is 17.3 Å². The summed E-state index contributed by atoms with van der Waals surface area (Å²) in [4.78, 5) is 0. The Hall–Kier alpha value is -0.0800. The molecule has 3 saturated carbocycles. The van der Waals surface area contributed by atoms with Crippen LogP contribution in [-0.2, 0) is 0 Å². The lowest BCUT2D eigenvalue weighted by atomic mass is 9.78. The van der Waals surface area contributed by atoms with Crippen molar-refractivity contribution in [1.82, 2.24) is 0 Å². The summed E-state index contributed by atoms with van der Waals surface area (Å²) in [6.07, 6.45) is 3.22. The molecule has 3 aliphatic rings. The first-order valence-corrected chi connectivity index (χ1v) is 3.67. The molecule has 3 fully saturated rings. The van der Waals surface area contributed by atoms with Crippen molar-refractivity contribution >= 4 is 0 Å². The van der Waals surface area contributed by atoms with Gasteiger partial charge in [-0.2, -0.15) is 0 Å². The Labute approximate surface area is 55.1 Å². The number of aliphatic hydroxyl groups is 1. The number of nitrogens with two attached hydrogens (primary N) is 1. The molecule has 2 nitrogen and oxygen atoms in total. The molecule has 0 amide bonds. The van der Waals surface area contributed by atoms with Crippen molar-refractivity contribution < 1.29 is 5.11 Å². The first kappa shape index (κ1) is 5.69. The van der Waals surface area contributed by atoms with Crippen molar-refractivity contribution in [3.63, 3.8) is 0 Å². The monoisotopic (exact) mass is 127 g/mol. The molecule has 0 aromatic rings. The highest BCUT2D eigenvalue weighted by Crippen LogP contribution is 2.55. The van der Waals surface area contributed by atoms with Gasteiger partial charge < -0.3 is 10.8 Å². The minimum atomic E-state index is -0.320. The normalized spacial score (nSPS) is 55.3. The SMILES string of the molecule is NCC1CC2CC1(O)C2. The van der Waals surface area contributed by atoms with Gasteiger partial charge in [0, 0.05) is 5.92 Å². The van der Waals surface area contributed by atoms with Gasteiger partial charge in [0.15, 0.2) is 0 Å². The summed E-state index contributed by atoms with van der Waals surface area (Å²) >= 11 is 0. The number of rotatable bonds is 1. The predicted octanol–water partition coefficient (Wildman–Crippen LogP) is 0.106. The average Bonchev–Trinajstić information content (AvgIpc) is 2.18.